The van der Waals surface area contributed by atoms with E-state index in [2.05, 4.69) is 16.8 Å². The molecule has 5 nitrogen and oxygen atoms in total. The zero-order valence-electron chi connectivity index (χ0n) is 11.6. The Labute approximate surface area is 113 Å². The van der Waals surface area contributed by atoms with Gasteiger partial charge in [-0.15, -0.1) is 0 Å². The van der Waals surface area contributed by atoms with Crippen molar-refractivity contribution >= 4 is 22.4 Å². The number of nitrogens with zero attached hydrogens (tertiary/aromatic N) is 3. The van der Waals surface area contributed by atoms with E-state index in [1.54, 1.807) is 0 Å². The molecule has 0 bridgehead atoms. The number of amides is 1. The van der Waals surface area contributed by atoms with E-state index in [9.17, 15) is 4.79 Å². The Hall–Kier alpha value is -1.14. The van der Waals surface area contributed by atoms with Gasteiger partial charge in [0.15, 0.2) is 5.13 Å². The molecule has 1 rings (SSSR count). The Bertz CT molecular complexity index is 403. The predicted molar refractivity (Wildman–Crippen MR) is 76.0 cm³/mol. The molecular weight excluding hydrogens is 248 g/mol. The number of hydrogen-bond acceptors (Lipinski definition) is 5. The second-order valence-electron chi connectivity index (χ2n) is 4.56. The number of carbonyl (C=O) groups is 1. The molecule has 1 heterocycles. The highest BCUT2D eigenvalue weighted by Gasteiger charge is 2.20. The summed E-state index contributed by atoms with van der Waals surface area (Å²) < 4.78 is 0. The Balaban J connectivity index is 2.78. The highest BCUT2D eigenvalue weighted by molar-refractivity contribution is 7.17. The second-order valence-corrected chi connectivity index (χ2v) is 5.59. The minimum atomic E-state index is 0.0467. The minimum absolute atomic E-state index is 0.0467. The van der Waals surface area contributed by atoms with Crippen LogP contribution < -0.4 is 5.73 Å². The molecule has 0 aromatic carbocycles. The molecule has 6 heteroatoms. The molecule has 1 aromatic rings. The Kier molecular flexibility index (Phi) is 5.55. The van der Waals surface area contributed by atoms with Crippen molar-refractivity contribution in [3.63, 3.8) is 0 Å². The topological polar surface area (TPSA) is 62.5 Å². The zero-order chi connectivity index (χ0) is 13.7. The number of aryl methyl sites for hydroxylation is 1. The summed E-state index contributed by atoms with van der Waals surface area (Å²) >= 11 is 1.27. The molecule has 0 aliphatic carbocycles. The first-order chi connectivity index (χ1) is 8.45. The summed E-state index contributed by atoms with van der Waals surface area (Å²) in [5.41, 5.74) is 6.37. The quantitative estimate of drug-likeness (QED) is 0.850. The molecule has 1 aromatic heterocycles. The molecule has 0 unspecified atom stereocenters. The average molecular weight is 270 g/mol. The summed E-state index contributed by atoms with van der Waals surface area (Å²) in [5, 5.41) is 0.458. The summed E-state index contributed by atoms with van der Waals surface area (Å²) in [6, 6.07) is 0. The van der Waals surface area contributed by atoms with E-state index in [1.165, 1.54) is 11.3 Å². The number of rotatable bonds is 6. The predicted octanol–water partition coefficient (Wildman–Crippen LogP) is 1.45. The van der Waals surface area contributed by atoms with Crippen LogP contribution in [0, 0.1) is 6.92 Å². The fraction of sp³-hybridized carbons (Fsp3) is 0.667. The maximum absolute atomic E-state index is 12.4. The first-order valence-corrected chi connectivity index (χ1v) is 6.94. The van der Waals surface area contributed by atoms with Crippen molar-refractivity contribution < 1.29 is 4.79 Å². The van der Waals surface area contributed by atoms with Crippen LogP contribution in [0.2, 0.25) is 0 Å². The number of anilines is 1. The maximum atomic E-state index is 12.4. The fourth-order valence-electron chi connectivity index (χ4n) is 1.66. The molecule has 0 saturated carbocycles. The van der Waals surface area contributed by atoms with Crippen molar-refractivity contribution in [1.29, 1.82) is 0 Å². The van der Waals surface area contributed by atoms with Crippen molar-refractivity contribution in [2.45, 2.75) is 20.3 Å². The van der Waals surface area contributed by atoms with Crippen LogP contribution in [0.3, 0.4) is 0 Å². The molecule has 0 fully saturated rings. The monoisotopic (exact) mass is 270 g/mol. The molecule has 18 heavy (non-hydrogen) atoms. The summed E-state index contributed by atoms with van der Waals surface area (Å²) in [5.74, 6) is 0.0467. The Morgan fingerprint density at radius 2 is 2.00 bits per heavy atom. The van der Waals surface area contributed by atoms with Crippen LogP contribution in [-0.4, -0.2) is 54.4 Å². The molecule has 2 N–H and O–H groups in total. The Morgan fingerprint density at radius 1 is 1.33 bits per heavy atom. The molecule has 0 saturated heterocycles. The molecule has 0 spiro atoms. The van der Waals surface area contributed by atoms with Crippen LogP contribution in [0.5, 0.6) is 0 Å². The van der Waals surface area contributed by atoms with Gasteiger partial charge < -0.3 is 15.5 Å². The number of nitrogens with two attached hydrogens (primary N) is 1. The number of carbonyl (C=O) groups excluding carboxylic acids is 1. The van der Waals surface area contributed by atoms with Gasteiger partial charge in [0, 0.05) is 19.6 Å². The van der Waals surface area contributed by atoms with Gasteiger partial charge in [0.1, 0.15) is 4.88 Å². The highest BCUT2D eigenvalue weighted by atomic mass is 32.1. The van der Waals surface area contributed by atoms with Gasteiger partial charge in [-0.1, -0.05) is 18.3 Å². The molecule has 102 valence electrons. The molecule has 0 radical (unpaired) electrons. The van der Waals surface area contributed by atoms with Gasteiger partial charge in [0.05, 0.1) is 5.69 Å². The number of likely N-dealkylation sites (N-methyl/N-ethyl adjacent to an activating group) is 1. The lowest BCUT2D eigenvalue weighted by molar-refractivity contribution is 0.0749. The lowest BCUT2D eigenvalue weighted by atomic mass is 10.3. The second kappa shape index (κ2) is 6.70. The van der Waals surface area contributed by atoms with Gasteiger partial charge in [0.25, 0.3) is 5.91 Å². The van der Waals surface area contributed by atoms with E-state index in [0.29, 0.717) is 10.0 Å². The third-order valence-corrected chi connectivity index (χ3v) is 3.58. The number of thiazole rings is 1. The number of aromatic nitrogens is 1. The van der Waals surface area contributed by atoms with Gasteiger partial charge in [-0.2, -0.15) is 0 Å². The van der Waals surface area contributed by atoms with Crippen LogP contribution in [0.4, 0.5) is 5.13 Å². The van der Waals surface area contributed by atoms with Gasteiger partial charge in [-0.05, 0) is 27.4 Å². The first-order valence-electron chi connectivity index (χ1n) is 6.12. The third kappa shape index (κ3) is 3.96. The summed E-state index contributed by atoms with van der Waals surface area (Å²) in [7, 11) is 4.01. The molecule has 0 aliphatic rings. The zero-order valence-corrected chi connectivity index (χ0v) is 12.4. The number of nitrogen functional groups attached to an aromatic ring is 1. The summed E-state index contributed by atoms with van der Waals surface area (Å²) in [4.78, 5) is 21.1. The van der Waals surface area contributed by atoms with Crippen molar-refractivity contribution in [2.24, 2.45) is 0 Å². The van der Waals surface area contributed by atoms with Gasteiger partial charge in [-0.25, -0.2) is 4.98 Å². The molecule has 1 amide bonds. The third-order valence-electron chi connectivity index (χ3n) is 2.61. The summed E-state index contributed by atoms with van der Waals surface area (Å²) in [6.45, 7) is 6.26. The van der Waals surface area contributed by atoms with E-state index in [-0.39, 0.29) is 5.91 Å². The molecular formula is C12H22N4OS. The van der Waals surface area contributed by atoms with Gasteiger partial charge >= 0.3 is 0 Å². The van der Waals surface area contributed by atoms with Crippen LogP contribution >= 0.6 is 11.3 Å². The van der Waals surface area contributed by atoms with Gasteiger partial charge in [0.2, 0.25) is 0 Å². The molecule has 0 aliphatic heterocycles. The lowest BCUT2D eigenvalue weighted by Crippen LogP contribution is -2.37. The van der Waals surface area contributed by atoms with E-state index < -0.39 is 0 Å². The normalized spacial score (nSPS) is 10.9. The Morgan fingerprint density at radius 3 is 2.44 bits per heavy atom. The van der Waals surface area contributed by atoms with Crippen LogP contribution in [0.15, 0.2) is 0 Å². The standard InChI is InChI=1S/C12H22N4OS/c1-5-6-16(8-7-15(3)4)11(17)10-9(2)14-12(13)18-10/h5-8H2,1-4H3,(H2,13,14). The first kappa shape index (κ1) is 14.9. The van der Waals surface area contributed by atoms with Crippen LogP contribution in [0.25, 0.3) is 0 Å². The van der Waals surface area contributed by atoms with E-state index in [0.717, 1.165) is 31.7 Å². The maximum Gasteiger partial charge on any atom is 0.265 e. The van der Waals surface area contributed by atoms with E-state index in [4.69, 9.17) is 5.73 Å². The largest absolute Gasteiger partial charge is 0.375 e. The molecule has 0 atom stereocenters. The smallest absolute Gasteiger partial charge is 0.265 e. The lowest BCUT2D eigenvalue weighted by Gasteiger charge is -2.23. The van der Waals surface area contributed by atoms with E-state index in [1.807, 2.05) is 25.9 Å². The SMILES string of the molecule is CCCN(CCN(C)C)C(=O)c1sc(N)nc1C. The van der Waals surface area contributed by atoms with E-state index >= 15 is 0 Å². The fourth-order valence-corrected chi connectivity index (χ4v) is 2.47. The average Bonchev–Trinajstić information content (AvgIpc) is 2.62. The highest BCUT2D eigenvalue weighted by Crippen LogP contribution is 2.21. The minimum Gasteiger partial charge on any atom is -0.375 e. The van der Waals surface area contributed by atoms with Crippen LogP contribution in [-0.2, 0) is 0 Å². The van der Waals surface area contributed by atoms with Crippen molar-refractivity contribution in [1.82, 2.24) is 14.8 Å². The van der Waals surface area contributed by atoms with Crippen molar-refractivity contribution in [3.8, 4) is 0 Å². The van der Waals surface area contributed by atoms with Gasteiger partial charge in [-0.3, -0.25) is 4.79 Å². The van der Waals surface area contributed by atoms with Crippen LogP contribution in [0.1, 0.15) is 28.7 Å². The number of hydrogen-bond donors (Lipinski definition) is 1. The summed E-state index contributed by atoms with van der Waals surface area (Å²) in [6.07, 6.45) is 0.951. The van der Waals surface area contributed by atoms with Crippen molar-refractivity contribution in [2.75, 3.05) is 39.5 Å². The van der Waals surface area contributed by atoms with Crippen molar-refractivity contribution in [3.05, 3.63) is 10.6 Å².